The van der Waals surface area contributed by atoms with Gasteiger partial charge in [-0.2, -0.15) is 0 Å². The molecule has 3 aliphatic rings. The van der Waals surface area contributed by atoms with Gasteiger partial charge in [0.15, 0.2) is 0 Å². The number of amides is 1. The molecule has 2 fully saturated rings. The van der Waals surface area contributed by atoms with Crippen LogP contribution in [0.4, 0.5) is 0 Å². The van der Waals surface area contributed by atoms with Crippen LogP contribution in [0.2, 0.25) is 0 Å². The zero-order valence-corrected chi connectivity index (χ0v) is 16.1. The highest BCUT2D eigenvalue weighted by molar-refractivity contribution is 7.10. The second-order valence-corrected chi connectivity index (χ2v) is 9.06. The van der Waals surface area contributed by atoms with E-state index in [1.54, 1.807) is 11.3 Å². The van der Waals surface area contributed by atoms with Crippen molar-refractivity contribution in [3.05, 3.63) is 21.4 Å². The van der Waals surface area contributed by atoms with E-state index in [1.807, 2.05) is 4.90 Å². The molecule has 6 heteroatoms. The number of hydrogen-bond donors (Lipinski definition) is 1. The minimum Gasteiger partial charge on any atom is -0.481 e. The molecule has 5 nitrogen and oxygen atoms in total. The normalized spacial score (nSPS) is 29.6. The van der Waals surface area contributed by atoms with Crippen LogP contribution in [-0.4, -0.2) is 47.7 Å². The van der Waals surface area contributed by atoms with Gasteiger partial charge in [-0.1, -0.05) is 6.92 Å². The van der Waals surface area contributed by atoms with Gasteiger partial charge in [-0.15, -0.1) is 11.3 Å². The highest BCUT2D eigenvalue weighted by Crippen LogP contribution is 2.36. The van der Waals surface area contributed by atoms with E-state index in [9.17, 15) is 14.7 Å². The number of carbonyl (C=O) groups excluding carboxylic acids is 1. The maximum atomic E-state index is 13.0. The van der Waals surface area contributed by atoms with Crippen molar-refractivity contribution in [2.45, 2.75) is 51.6 Å². The minimum absolute atomic E-state index is 0.164. The van der Waals surface area contributed by atoms with Crippen molar-refractivity contribution in [3.8, 4) is 0 Å². The van der Waals surface area contributed by atoms with E-state index in [2.05, 4.69) is 12.3 Å². The Kier molecular flexibility index (Phi) is 5.06. The summed E-state index contributed by atoms with van der Waals surface area (Å²) in [6.45, 7) is 4.23. The summed E-state index contributed by atoms with van der Waals surface area (Å²) in [5, 5.41) is 11.4. The van der Waals surface area contributed by atoms with E-state index in [0.717, 1.165) is 31.2 Å². The Labute approximate surface area is 158 Å². The largest absolute Gasteiger partial charge is 0.481 e. The molecular weight excluding hydrogens is 350 g/mol. The number of nitrogens with zero attached hydrogens (tertiary/aromatic N) is 1. The highest BCUT2D eigenvalue weighted by Gasteiger charge is 2.41. The summed E-state index contributed by atoms with van der Waals surface area (Å²) in [7, 11) is 0. The first-order valence-corrected chi connectivity index (χ1v) is 10.7. The van der Waals surface area contributed by atoms with E-state index in [-0.39, 0.29) is 23.8 Å². The quantitative estimate of drug-likeness (QED) is 0.878. The summed E-state index contributed by atoms with van der Waals surface area (Å²) in [4.78, 5) is 27.8. The predicted molar refractivity (Wildman–Crippen MR) is 99.6 cm³/mol. The summed E-state index contributed by atoms with van der Waals surface area (Å²) in [5.41, 5.74) is 2.20. The smallest absolute Gasteiger partial charge is 0.309 e. The van der Waals surface area contributed by atoms with Crippen LogP contribution >= 0.6 is 11.3 Å². The fourth-order valence-electron chi connectivity index (χ4n) is 4.80. The maximum absolute atomic E-state index is 13.0. The van der Waals surface area contributed by atoms with Gasteiger partial charge in [0.1, 0.15) is 0 Å². The molecule has 0 bridgehead atoms. The maximum Gasteiger partial charge on any atom is 0.309 e. The number of hydrogen-bond acceptors (Lipinski definition) is 4. The first kappa shape index (κ1) is 18.0. The molecule has 2 aliphatic heterocycles. The minimum atomic E-state index is -0.745. The molecule has 4 rings (SSSR count). The van der Waals surface area contributed by atoms with Crippen LogP contribution in [0.25, 0.3) is 0 Å². The molecule has 26 heavy (non-hydrogen) atoms. The first-order valence-electron chi connectivity index (χ1n) is 9.77. The fourth-order valence-corrected chi connectivity index (χ4v) is 6.04. The number of aliphatic carboxylic acids is 1. The van der Waals surface area contributed by atoms with Gasteiger partial charge < -0.3 is 14.7 Å². The molecule has 2 saturated heterocycles. The molecular formula is C20H27NO4S. The number of fused-ring (bicyclic) bond motifs is 1. The second kappa shape index (κ2) is 7.31. The molecule has 3 atom stereocenters. The third-order valence-corrected chi connectivity index (χ3v) is 7.43. The third-order valence-electron chi connectivity index (χ3n) is 6.38. The van der Waals surface area contributed by atoms with Crippen LogP contribution in [-0.2, 0) is 22.4 Å². The summed E-state index contributed by atoms with van der Waals surface area (Å²) in [6, 6.07) is 0. The van der Waals surface area contributed by atoms with Crippen LogP contribution in [0.3, 0.4) is 0 Å². The van der Waals surface area contributed by atoms with Crippen molar-refractivity contribution in [3.63, 3.8) is 0 Å². The van der Waals surface area contributed by atoms with Gasteiger partial charge in [0, 0.05) is 30.0 Å². The molecule has 1 N–H and O–H groups in total. The van der Waals surface area contributed by atoms with Gasteiger partial charge >= 0.3 is 5.97 Å². The Hall–Kier alpha value is -1.40. The second-order valence-electron chi connectivity index (χ2n) is 8.10. The number of carboxylic acid groups (broad SMARTS) is 1. The van der Waals surface area contributed by atoms with Crippen molar-refractivity contribution < 1.29 is 19.4 Å². The Bertz CT molecular complexity index is 692. The monoisotopic (exact) mass is 377 g/mol. The average molecular weight is 378 g/mol. The van der Waals surface area contributed by atoms with Crippen LogP contribution in [0.1, 0.15) is 53.4 Å². The lowest BCUT2D eigenvalue weighted by atomic mass is 9.84. The molecule has 1 aromatic heterocycles. The van der Waals surface area contributed by atoms with Crippen molar-refractivity contribution in [1.29, 1.82) is 0 Å². The third kappa shape index (κ3) is 3.29. The van der Waals surface area contributed by atoms with Crippen molar-refractivity contribution in [2.75, 3.05) is 19.7 Å². The highest BCUT2D eigenvalue weighted by atomic mass is 32.1. The van der Waals surface area contributed by atoms with Gasteiger partial charge in [-0.25, -0.2) is 0 Å². The molecule has 3 heterocycles. The van der Waals surface area contributed by atoms with Crippen LogP contribution in [0.5, 0.6) is 0 Å². The van der Waals surface area contributed by atoms with E-state index in [1.165, 1.54) is 16.9 Å². The summed E-state index contributed by atoms with van der Waals surface area (Å²) in [5.74, 6) is 0.00391. The van der Waals surface area contributed by atoms with Crippen LogP contribution < -0.4 is 0 Å². The van der Waals surface area contributed by atoms with Gasteiger partial charge in [0.2, 0.25) is 0 Å². The number of thiophene rings is 1. The number of piperidine rings is 1. The molecule has 0 spiro atoms. The lowest BCUT2D eigenvalue weighted by Crippen LogP contribution is -2.43. The zero-order chi connectivity index (χ0) is 18.3. The van der Waals surface area contributed by atoms with Gasteiger partial charge in [-0.05, 0) is 55.9 Å². The molecule has 0 aromatic carbocycles. The van der Waals surface area contributed by atoms with Crippen molar-refractivity contribution in [1.82, 2.24) is 4.90 Å². The predicted octanol–water partition coefficient (Wildman–Crippen LogP) is 3.21. The molecule has 1 aromatic rings. The number of carbonyl (C=O) groups is 2. The SMILES string of the molecule is CC1CCc2c(C(=O)N3CCC([C@@H]4OCCC4C(=O)O)CC3)csc2C1. The average Bonchev–Trinajstić information content (AvgIpc) is 3.28. The molecule has 142 valence electrons. The van der Waals surface area contributed by atoms with E-state index in [4.69, 9.17) is 4.74 Å². The van der Waals surface area contributed by atoms with Crippen molar-refractivity contribution in [2.24, 2.45) is 17.8 Å². The number of carboxylic acids is 1. The van der Waals surface area contributed by atoms with Gasteiger partial charge in [-0.3, -0.25) is 9.59 Å². The molecule has 1 aliphatic carbocycles. The molecule has 0 saturated carbocycles. The summed E-state index contributed by atoms with van der Waals surface area (Å²) in [6.07, 6.45) is 5.40. The van der Waals surface area contributed by atoms with Crippen molar-refractivity contribution >= 4 is 23.2 Å². The van der Waals surface area contributed by atoms with E-state index >= 15 is 0 Å². The van der Waals surface area contributed by atoms with E-state index < -0.39 is 5.97 Å². The standard InChI is InChI=1S/C20H27NO4S/c1-12-2-3-14-16(11-26-17(14)10-12)19(22)21-7-4-13(5-8-21)18-15(20(23)24)6-9-25-18/h11-13,15,18H,2-10H2,1H3,(H,23,24)/t12?,15?,18-/m0/s1. The van der Waals surface area contributed by atoms with Crippen LogP contribution in [0, 0.1) is 17.8 Å². The lowest BCUT2D eigenvalue weighted by molar-refractivity contribution is -0.145. The number of ether oxygens (including phenoxy) is 1. The Morgan fingerprint density at radius 3 is 2.73 bits per heavy atom. The number of rotatable bonds is 3. The molecule has 1 amide bonds. The number of likely N-dealkylation sites (tertiary alicyclic amines) is 1. The summed E-state index contributed by atoms with van der Waals surface area (Å²) < 4.78 is 5.74. The van der Waals surface area contributed by atoms with Crippen LogP contribution in [0.15, 0.2) is 5.38 Å². The molecule has 2 unspecified atom stereocenters. The Morgan fingerprint density at radius 2 is 2.00 bits per heavy atom. The summed E-state index contributed by atoms with van der Waals surface area (Å²) >= 11 is 1.74. The Morgan fingerprint density at radius 1 is 1.23 bits per heavy atom. The van der Waals surface area contributed by atoms with Gasteiger partial charge in [0.05, 0.1) is 17.6 Å². The molecule has 0 radical (unpaired) electrons. The lowest BCUT2D eigenvalue weighted by Gasteiger charge is -2.35. The first-order chi connectivity index (χ1) is 12.5. The topological polar surface area (TPSA) is 66.8 Å². The fraction of sp³-hybridized carbons (Fsp3) is 0.700. The zero-order valence-electron chi connectivity index (χ0n) is 15.3. The van der Waals surface area contributed by atoms with E-state index in [0.29, 0.717) is 32.0 Å². The van der Waals surface area contributed by atoms with Gasteiger partial charge in [0.25, 0.3) is 5.91 Å². The Balaban J connectivity index is 1.39.